The third kappa shape index (κ3) is 4.94. The van der Waals surface area contributed by atoms with Crippen LogP contribution in [0.1, 0.15) is 37.0 Å². The van der Waals surface area contributed by atoms with Gasteiger partial charge in [0, 0.05) is 0 Å². The Bertz CT molecular complexity index is 718. The van der Waals surface area contributed by atoms with Crippen LogP contribution in [0.3, 0.4) is 0 Å². The van der Waals surface area contributed by atoms with E-state index >= 15 is 0 Å². The predicted octanol–water partition coefficient (Wildman–Crippen LogP) is -0.363. The van der Waals surface area contributed by atoms with Crippen molar-refractivity contribution in [1.82, 2.24) is 0 Å². The smallest absolute Gasteiger partial charge is 1.00 e. The van der Waals surface area contributed by atoms with Crippen LogP contribution < -0.4 is 24.8 Å². The quantitative estimate of drug-likeness (QED) is 0.303. The van der Waals surface area contributed by atoms with Crippen LogP contribution in [0.5, 0.6) is 0 Å². The van der Waals surface area contributed by atoms with Crippen molar-refractivity contribution in [3.8, 4) is 11.1 Å². The molecule has 2 aromatic rings. The van der Waals surface area contributed by atoms with Crippen molar-refractivity contribution in [2.24, 2.45) is 0 Å². The Morgan fingerprint density at radius 3 is 2.33 bits per heavy atom. The first kappa shape index (κ1) is 23.4. The third-order valence-corrected chi connectivity index (χ3v) is 3.82. The van der Waals surface area contributed by atoms with Crippen molar-refractivity contribution in [1.29, 1.82) is 0 Å². The Morgan fingerprint density at radius 1 is 0.958 bits per heavy atom. The van der Waals surface area contributed by atoms with Crippen LogP contribution in [0.25, 0.3) is 16.7 Å². The maximum absolute atomic E-state index is 3.61. The van der Waals surface area contributed by atoms with Crippen LogP contribution in [0.2, 0.25) is 0 Å². The van der Waals surface area contributed by atoms with E-state index in [2.05, 4.69) is 60.7 Å². The number of hydrogen-bond acceptors (Lipinski definition) is 0. The fourth-order valence-corrected chi connectivity index (χ4v) is 2.89. The molecule has 24 heavy (non-hydrogen) atoms. The van der Waals surface area contributed by atoms with Crippen LogP contribution in [0.15, 0.2) is 54.6 Å². The maximum atomic E-state index is 3.61. The van der Waals surface area contributed by atoms with Gasteiger partial charge in [-0.15, -0.1) is 41.0 Å². The van der Waals surface area contributed by atoms with Gasteiger partial charge in [-0.25, -0.2) is 0 Å². The number of allylic oxidation sites excluding steroid dienone is 4. The second-order valence-electron chi connectivity index (χ2n) is 5.50. The van der Waals surface area contributed by atoms with Gasteiger partial charge in [0.05, 0.1) is 0 Å². The molecule has 2 aromatic carbocycles. The van der Waals surface area contributed by atoms with E-state index in [1.807, 2.05) is 20.3 Å². The van der Waals surface area contributed by atoms with Gasteiger partial charge in [0.2, 0.25) is 0 Å². The summed E-state index contributed by atoms with van der Waals surface area (Å²) in [4.78, 5) is 0. The van der Waals surface area contributed by atoms with Crippen molar-refractivity contribution >= 4 is 5.57 Å². The molecule has 0 radical (unpaired) electrons. The molecule has 0 unspecified atom stereocenters. The summed E-state index contributed by atoms with van der Waals surface area (Å²) >= 11 is 0. The van der Waals surface area contributed by atoms with Crippen LogP contribution in [0.4, 0.5) is 0 Å². The predicted molar refractivity (Wildman–Crippen MR) is 90.9 cm³/mol. The molecule has 0 spiro atoms. The summed E-state index contributed by atoms with van der Waals surface area (Å²) < 4.78 is 0. The Hall–Kier alpha value is -0.630. The molecule has 0 saturated heterocycles. The number of fused-ring (bicyclic) bond motifs is 3. The summed E-state index contributed by atoms with van der Waals surface area (Å²) in [6, 6.07) is 16.7. The molecule has 0 aromatic heterocycles. The second-order valence-corrected chi connectivity index (χ2v) is 5.50. The maximum Gasteiger partial charge on any atom is 4.00 e. The Kier molecular flexibility index (Phi) is 10.8. The molecule has 0 heterocycles. The SMILES string of the molecule is C[CH-]C.[Cl-].[Cl-].[Hf+4].[c-]1c(C2=CC=CC2)ccc2c1Cc1ccccc1-2. The van der Waals surface area contributed by atoms with Crippen LogP contribution >= 0.6 is 0 Å². The molecule has 122 valence electrons. The molecule has 3 heteroatoms. The minimum absolute atomic E-state index is 0. The Labute approximate surface area is 177 Å². The van der Waals surface area contributed by atoms with E-state index in [1.54, 1.807) is 0 Å². The first-order valence-electron chi connectivity index (χ1n) is 7.57. The molecule has 0 bridgehead atoms. The van der Waals surface area contributed by atoms with Gasteiger partial charge in [-0.2, -0.15) is 13.8 Å². The largest absolute Gasteiger partial charge is 4.00 e. The molecule has 0 amide bonds. The topological polar surface area (TPSA) is 0 Å². The van der Waals surface area contributed by atoms with Crippen molar-refractivity contribution < 1.29 is 50.7 Å². The number of hydrogen-bond donors (Lipinski definition) is 0. The minimum atomic E-state index is 0. The fourth-order valence-electron chi connectivity index (χ4n) is 2.89. The van der Waals surface area contributed by atoms with Gasteiger partial charge in [0.1, 0.15) is 0 Å². The van der Waals surface area contributed by atoms with Crippen LogP contribution in [0, 0.1) is 12.5 Å². The number of benzene rings is 2. The fraction of sp³-hybridized carbons (Fsp3) is 0.190. The zero-order valence-electron chi connectivity index (χ0n) is 13.9. The molecule has 0 saturated carbocycles. The standard InChI is InChI=1S/C18H13.C3H7.2ClH.Hf/c1-2-6-13(5-1)14-9-10-18-16(11-14)12-15-7-3-4-8-17(15)18;1-3-2;;;/h1-5,7-10H,6,12H2;3H,1-2H3;2*1H;/q2*-1;;;+4/p-2. The normalized spacial score (nSPS) is 12.3. The average molecular weight is 522 g/mol. The summed E-state index contributed by atoms with van der Waals surface area (Å²) in [5.74, 6) is 0. The first-order valence-corrected chi connectivity index (χ1v) is 7.57. The monoisotopic (exact) mass is 522 g/mol. The van der Waals surface area contributed by atoms with Gasteiger partial charge in [0.15, 0.2) is 0 Å². The molecule has 2 aliphatic carbocycles. The third-order valence-electron chi connectivity index (χ3n) is 3.82. The van der Waals surface area contributed by atoms with E-state index in [1.165, 1.54) is 33.4 Å². The van der Waals surface area contributed by atoms with Gasteiger partial charge >= 0.3 is 25.8 Å². The summed E-state index contributed by atoms with van der Waals surface area (Å²) in [6.45, 7) is 4.00. The van der Waals surface area contributed by atoms with E-state index in [0.29, 0.717) is 0 Å². The molecular weight excluding hydrogens is 502 g/mol. The van der Waals surface area contributed by atoms with E-state index in [-0.39, 0.29) is 50.7 Å². The molecule has 0 N–H and O–H groups in total. The first-order chi connectivity index (χ1) is 10.3. The van der Waals surface area contributed by atoms with Gasteiger partial charge in [-0.3, -0.25) is 0 Å². The summed E-state index contributed by atoms with van der Waals surface area (Å²) in [5, 5.41) is 0. The van der Waals surface area contributed by atoms with Crippen molar-refractivity contribution in [3.05, 3.63) is 83.8 Å². The molecule has 4 rings (SSSR count). The average Bonchev–Trinajstić information content (AvgIpc) is 3.15. The van der Waals surface area contributed by atoms with E-state index in [4.69, 9.17) is 0 Å². The molecule has 0 nitrogen and oxygen atoms in total. The van der Waals surface area contributed by atoms with Crippen molar-refractivity contribution in [2.45, 2.75) is 26.7 Å². The second kappa shape index (κ2) is 11.1. The summed E-state index contributed by atoms with van der Waals surface area (Å²) in [6.07, 6.45) is 10.6. The number of rotatable bonds is 1. The van der Waals surface area contributed by atoms with Gasteiger partial charge in [0.25, 0.3) is 0 Å². The van der Waals surface area contributed by atoms with Crippen LogP contribution in [-0.4, -0.2) is 0 Å². The van der Waals surface area contributed by atoms with E-state index in [0.717, 1.165) is 12.8 Å². The Balaban J connectivity index is 0.000000827. The number of halogens is 2. The Morgan fingerprint density at radius 2 is 1.67 bits per heavy atom. The summed E-state index contributed by atoms with van der Waals surface area (Å²) in [5.41, 5.74) is 8.16. The minimum Gasteiger partial charge on any atom is -1.00 e. The zero-order valence-corrected chi connectivity index (χ0v) is 19.0. The molecule has 0 fully saturated rings. The molecule has 0 atom stereocenters. The summed E-state index contributed by atoms with van der Waals surface area (Å²) in [7, 11) is 0. The van der Waals surface area contributed by atoms with Crippen LogP contribution in [-0.2, 0) is 32.3 Å². The van der Waals surface area contributed by atoms with E-state index < -0.39 is 0 Å². The molecule has 2 aliphatic rings. The molecule has 0 aliphatic heterocycles. The van der Waals surface area contributed by atoms with Gasteiger partial charge in [-0.1, -0.05) is 47.5 Å². The zero-order chi connectivity index (χ0) is 14.7. The van der Waals surface area contributed by atoms with Gasteiger partial charge in [-0.05, 0) is 18.4 Å². The van der Waals surface area contributed by atoms with Crippen molar-refractivity contribution in [3.63, 3.8) is 0 Å². The molecular formula is C21H20Cl2Hf. The van der Waals surface area contributed by atoms with Gasteiger partial charge < -0.3 is 31.2 Å². The van der Waals surface area contributed by atoms with Crippen molar-refractivity contribution in [2.75, 3.05) is 0 Å². The van der Waals surface area contributed by atoms with E-state index in [9.17, 15) is 0 Å².